The molecule has 2 heterocycles. The number of nitrogens with one attached hydrogen (secondary N) is 1. The van der Waals surface area contributed by atoms with Crippen LogP contribution in [0, 0.1) is 11.8 Å². The average Bonchev–Trinajstić information content (AvgIpc) is 2.80. The maximum atomic E-state index is 12.0. The van der Waals surface area contributed by atoms with Crippen molar-refractivity contribution in [2.45, 2.75) is 19.9 Å². The van der Waals surface area contributed by atoms with E-state index in [2.05, 4.69) is 12.2 Å². The van der Waals surface area contributed by atoms with Gasteiger partial charge in [0, 0.05) is 39.3 Å². The smallest absolute Gasteiger partial charge is 0.319 e. The summed E-state index contributed by atoms with van der Waals surface area (Å²) in [6.45, 7) is 8.07. The first-order chi connectivity index (χ1) is 7.15. The third-order valence-corrected chi connectivity index (χ3v) is 3.98. The molecule has 2 rings (SSSR count). The molecule has 2 aliphatic heterocycles. The SMILES string of the molecule is CCN(C)C(=O)N1CC2CNCC2C1C. The summed E-state index contributed by atoms with van der Waals surface area (Å²) < 4.78 is 0. The number of hydrogen-bond donors (Lipinski definition) is 1. The summed E-state index contributed by atoms with van der Waals surface area (Å²) >= 11 is 0. The normalized spacial score (nSPS) is 34.3. The molecule has 2 fully saturated rings. The van der Waals surface area contributed by atoms with Gasteiger partial charge in [0.05, 0.1) is 0 Å². The zero-order chi connectivity index (χ0) is 11.0. The molecule has 0 spiro atoms. The lowest BCUT2D eigenvalue weighted by Gasteiger charge is -2.28. The summed E-state index contributed by atoms with van der Waals surface area (Å²) in [6.07, 6.45) is 0. The van der Waals surface area contributed by atoms with E-state index < -0.39 is 0 Å². The van der Waals surface area contributed by atoms with Crippen LogP contribution in [0.2, 0.25) is 0 Å². The fourth-order valence-corrected chi connectivity index (χ4v) is 2.77. The lowest BCUT2D eigenvalue weighted by Crippen LogP contribution is -2.44. The van der Waals surface area contributed by atoms with E-state index in [1.54, 1.807) is 4.90 Å². The van der Waals surface area contributed by atoms with Crippen molar-refractivity contribution in [3.63, 3.8) is 0 Å². The highest BCUT2D eigenvalue weighted by molar-refractivity contribution is 5.75. The van der Waals surface area contributed by atoms with Crippen molar-refractivity contribution in [2.75, 3.05) is 33.2 Å². The van der Waals surface area contributed by atoms with E-state index in [1.807, 2.05) is 18.9 Å². The number of carbonyl (C=O) groups excluding carboxylic acids is 1. The largest absolute Gasteiger partial charge is 0.328 e. The Kier molecular flexibility index (Phi) is 2.87. The Morgan fingerprint density at radius 1 is 1.53 bits per heavy atom. The van der Waals surface area contributed by atoms with Gasteiger partial charge in [0.25, 0.3) is 0 Å². The Hall–Kier alpha value is -0.770. The van der Waals surface area contributed by atoms with E-state index in [0.717, 1.165) is 26.2 Å². The van der Waals surface area contributed by atoms with Crippen molar-refractivity contribution >= 4 is 6.03 Å². The molecule has 0 aromatic carbocycles. The molecule has 15 heavy (non-hydrogen) atoms. The first kappa shape index (κ1) is 10.7. The van der Waals surface area contributed by atoms with Crippen LogP contribution in [0.1, 0.15) is 13.8 Å². The number of amides is 2. The molecule has 86 valence electrons. The number of likely N-dealkylation sites (tertiary alicyclic amines) is 1. The van der Waals surface area contributed by atoms with Gasteiger partial charge in [-0.25, -0.2) is 4.79 Å². The number of hydrogen-bond acceptors (Lipinski definition) is 2. The van der Waals surface area contributed by atoms with E-state index in [4.69, 9.17) is 0 Å². The molecule has 0 aromatic heterocycles. The van der Waals surface area contributed by atoms with Gasteiger partial charge in [-0.05, 0) is 25.7 Å². The molecular weight excluding hydrogens is 190 g/mol. The van der Waals surface area contributed by atoms with E-state index in [-0.39, 0.29) is 6.03 Å². The van der Waals surface area contributed by atoms with Gasteiger partial charge in [-0.3, -0.25) is 0 Å². The fourth-order valence-electron chi connectivity index (χ4n) is 2.77. The van der Waals surface area contributed by atoms with Crippen LogP contribution in [0.3, 0.4) is 0 Å². The molecule has 0 saturated carbocycles. The summed E-state index contributed by atoms with van der Waals surface area (Å²) in [6, 6.07) is 0.589. The van der Waals surface area contributed by atoms with Crippen molar-refractivity contribution in [1.29, 1.82) is 0 Å². The molecule has 4 heteroatoms. The van der Waals surface area contributed by atoms with Crippen molar-refractivity contribution in [2.24, 2.45) is 11.8 Å². The maximum absolute atomic E-state index is 12.0. The number of carbonyl (C=O) groups is 1. The highest BCUT2D eigenvalue weighted by Gasteiger charge is 2.44. The number of urea groups is 1. The standard InChI is InChI=1S/C11H21N3O/c1-4-13(3)11(15)14-7-9-5-12-6-10(9)8(14)2/h8-10,12H,4-7H2,1-3H3. The minimum Gasteiger partial charge on any atom is -0.328 e. The Bertz CT molecular complexity index is 256. The number of rotatable bonds is 1. The van der Waals surface area contributed by atoms with Crippen LogP contribution < -0.4 is 5.32 Å². The monoisotopic (exact) mass is 211 g/mol. The fraction of sp³-hybridized carbons (Fsp3) is 0.909. The predicted molar refractivity (Wildman–Crippen MR) is 59.7 cm³/mol. The van der Waals surface area contributed by atoms with Gasteiger partial charge in [-0.2, -0.15) is 0 Å². The minimum atomic E-state index is 0.194. The van der Waals surface area contributed by atoms with Crippen LogP contribution in [0.15, 0.2) is 0 Å². The Labute approximate surface area is 91.6 Å². The van der Waals surface area contributed by atoms with Crippen molar-refractivity contribution in [3.8, 4) is 0 Å². The Balaban J connectivity index is 2.03. The van der Waals surface area contributed by atoms with Gasteiger partial charge in [-0.15, -0.1) is 0 Å². The van der Waals surface area contributed by atoms with Crippen molar-refractivity contribution in [3.05, 3.63) is 0 Å². The Morgan fingerprint density at radius 3 is 2.87 bits per heavy atom. The lowest BCUT2D eigenvalue weighted by atomic mass is 9.95. The van der Waals surface area contributed by atoms with Gasteiger partial charge in [0.1, 0.15) is 0 Å². The molecule has 3 unspecified atom stereocenters. The second kappa shape index (κ2) is 4.00. The summed E-state index contributed by atoms with van der Waals surface area (Å²) in [5, 5.41) is 3.41. The van der Waals surface area contributed by atoms with Crippen LogP contribution >= 0.6 is 0 Å². The molecule has 0 bridgehead atoms. The van der Waals surface area contributed by atoms with E-state index >= 15 is 0 Å². The Morgan fingerprint density at radius 2 is 2.27 bits per heavy atom. The second-order valence-corrected chi connectivity index (χ2v) is 4.77. The maximum Gasteiger partial charge on any atom is 0.319 e. The summed E-state index contributed by atoms with van der Waals surface area (Å²) in [7, 11) is 1.88. The van der Waals surface area contributed by atoms with Crippen molar-refractivity contribution < 1.29 is 4.79 Å². The summed E-state index contributed by atoms with van der Waals surface area (Å²) in [5.74, 6) is 1.34. The predicted octanol–water partition coefficient (Wildman–Crippen LogP) is 0.598. The third kappa shape index (κ3) is 1.71. The highest BCUT2D eigenvalue weighted by Crippen LogP contribution is 2.32. The van der Waals surface area contributed by atoms with E-state index in [9.17, 15) is 4.79 Å². The van der Waals surface area contributed by atoms with E-state index in [0.29, 0.717) is 17.9 Å². The van der Waals surface area contributed by atoms with Crippen molar-refractivity contribution in [1.82, 2.24) is 15.1 Å². The van der Waals surface area contributed by atoms with Crippen LogP contribution in [-0.4, -0.2) is 55.1 Å². The topological polar surface area (TPSA) is 35.6 Å². The van der Waals surface area contributed by atoms with Gasteiger partial charge >= 0.3 is 6.03 Å². The number of fused-ring (bicyclic) bond motifs is 1. The van der Waals surface area contributed by atoms with Gasteiger partial charge in [0.2, 0.25) is 0 Å². The molecule has 4 nitrogen and oxygen atoms in total. The van der Waals surface area contributed by atoms with Crippen LogP contribution in [0.25, 0.3) is 0 Å². The molecule has 1 N–H and O–H groups in total. The molecular formula is C11H21N3O. The molecule has 0 radical (unpaired) electrons. The van der Waals surface area contributed by atoms with Crippen LogP contribution in [0.5, 0.6) is 0 Å². The lowest BCUT2D eigenvalue weighted by molar-refractivity contribution is 0.157. The zero-order valence-electron chi connectivity index (χ0n) is 9.86. The number of nitrogens with zero attached hydrogens (tertiary/aromatic N) is 2. The van der Waals surface area contributed by atoms with Crippen LogP contribution in [0.4, 0.5) is 4.79 Å². The first-order valence-corrected chi connectivity index (χ1v) is 5.87. The zero-order valence-corrected chi connectivity index (χ0v) is 9.86. The highest BCUT2D eigenvalue weighted by atomic mass is 16.2. The molecule has 2 amide bonds. The average molecular weight is 211 g/mol. The quantitative estimate of drug-likeness (QED) is 0.689. The molecule has 2 aliphatic rings. The second-order valence-electron chi connectivity index (χ2n) is 4.77. The van der Waals surface area contributed by atoms with Crippen LogP contribution in [-0.2, 0) is 0 Å². The van der Waals surface area contributed by atoms with Gasteiger partial charge in [0.15, 0.2) is 0 Å². The minimum absolute atomic E-state index is 0.194. The van der Waals surface area contributed by atoms with E-state index in [1.165, 1.54) is 0 Å². The third-order valence-electron chi connectivity index (χ3n) is 3.98. The first-order valence-electron chi connectivity index (χ1n) is 5.87. The molecule has 2 saturated heterocycles. The van der Waals surface area contributed by atoms with Gasteiger partial charge < -0.3 is 15.1 Å². The summed E-state index contributed by atoms with van der Waals surface area (Å²) in [5.41, 5.74) is 0. The summed E-state index contributed by atoms with van der Waals surface area (Å²) in [4.78, 5) is 15.9. The van der Waals surface area contributed by atoms with Gasteiger partial charge in [-0.1, -0.05) is 0 Å². The molecule has 0 aromatic rings. The molecule has 0 aliphatic carbocycles. The molecule has 3 atom stereocenters.